The van der Waals surface area contributed by atoms with Crippen LogP contribution in [0.15, 0.2) is 0 Å². The summed E-state index contributed by atoms with van der Waals surface area (Å²) < 4.78 is 5.08. The third-order valence-corrected chi connectivity index (χ3v) is 1.04. The fraction of sp³-hybridized carbons (Fsp3) is 0.857. The molecule has 4 heteroatoms. The van der Waals surface area contributed by atoms with Gasteiger partial charge in [-0.3, -0.25) is 9.63 Å². The lowest BCUT2D eigenvalue weighted by molar-refractivity contribution is -0.132. The summed E-state index contributed by atoms with van der Waals surface area (Å²) in [5.74, 6) is -0.149. The lowest BCUT2D eigenvalue weighted by Crippen LogP contribution is -2.22. The third-order valence-electron chi connectivity index (χ3n) is 1.04. The first kappa shape index (κ1) is 10.4. The first-order valence-corrected chi connectivity index (χ1v) is 3.70. The van der Waals surface area contributed by atoms with Crippen LogP contribution < -0.4 is 5.48 Å². The Morgan fingerprint density at radius 1 is 1.45 bits per heavy atom. The Kier molecular flexibility index (Phi) is 7.08. The zero-order valence-corrected chi connectivity index (χ0v) is 7.05. The van der Waals surface area contributed by atoms with Crippen LogP contribution in [0.5, 0.6) is 0 Å². The molecule has 66 valence electrons. The molecule has 0 rings (SSSR count). The molecule has 4 nitrogen and oxygen atoms in total. The second-order valence-electron chi connectivity index (χ2n) is 2.09. The highest BCUT2D eigenvalue weighted by molar-refractivity contribution is 5.74. The maximum atomic E-state index is 10.7. The van der Waals surface area contributed by atoms with Crippen molar-refractivity contribution in [2.45, 2.75) is 19.8 Å². The van der Waals surface area contributed by atoms with E-state index in [9.17, 15) is 4.79 Å². The molecule has 0 radical (unpaired) electrons. The number of rotatable bonds is 6. The minimum Gasteiger partial charge on any atom is -0.381 e. The summed E-state index contributed by atoms with van der Waals surface area (Å²) >= 11 is 0. The molecule has 0 aromatic rings. The van der Waals surface area contributed by atoms with Gasteiger partial charge < -0.3 is 4.74 Å². The van der Waals surface area contributed by atoms with Gasteiger partial charge in [-0.1, -0.05) is 6.92 Å². The van der Waals surface area contributed by atoms with E-state index in [1.54, 1.807) is 0 Å². The molecule has 0 aromatic heterocycles. The lowest BCUT2D eigenvalue weighted by atomic mass is 10.4. The van der Waals surface area contributed by atoms with Crippen molar-refractivity contribution in [3.05, 3.63) is 0 Å². The zero-order chi connectivity index (χ0) is 8.53. The van der Waals surface area contributed by atoms with Crippen molar-refractivity contribution in [1.82, 2.24) is 5.48 Å². The Balaban J connectivity index is 3.04. The predicted octanol–water partition coefficient (Wildman–Crippen LogP) is 0.481. The van der Waals surface area contributed by atoms with Crippen molar-refractivity contribution >= 4 is 5.91 Å². The van der Waals surface area contributed by atoms with Crippen LogP contribution >= 0.6 is 0 Å². The standard InChI is InChI=1S/C7H15NO3/c1-3-5-11-6-4-7(9)8-10-2/h3-6H2,1-2H3,(H,8,9). The number of hydroxylamine groups is 1. The first-order chi connectivity index (χ1) is 5.31. The molecule has 0 atom stereocenters. The van der Waals surface area contributed by atoms with Crippen molar-refractivity contribution in [2.24, 2.45) is 0 Å². The Morgan fingerprint density at radius 3 is 2.73 bits per heavy atom. The van der Waals surface area contributed by atoms with E-state index < -0.39 is 0 Å². The van der Waals surface area contributed by atoms with Gasteiger partial charge in [0.15, 0.2) is 0 Å². The molecule has 1 amide bonds. The molecule has 0 fully saturated rings. The van der Waals surface area contributed by atoms with Gasteiger partial charge in [0.05, 0.1) is 20.1 Å². The molecule has 0 aromatic carbocycles. The fourth-order valence-electron chi connectivity index (χ4n) is 0.576. The smallest absolute Gasteiger partial charge is 0.245 e. The molecule has 0 bridgehead atoms. The van der Waals surface area contributed by atoms with E-state index in [0.29, 0.717) is 19.6 Å². The van der Waals surface area contributed by atoms with E-state index in [4.69, 9.17) is 4.74 Å². The van der Waals surface area contributed by atoms with E-state index in [2.05, 4.69) is 10.3 Å². The van der Waals surface area contributed by atoms with Gasteiger partial charge in [-0.05, 0) is 6.42 Å². The average Bonchev–Trinajstić information content (AvgIpc) is 1.99. The molecule has 1 N–H and O–H groups in total. The third kappa shape index (κ3) is 7.29. The number of amides is 1. The largest absolute Gasteiger partial charge is 0.381 e. The molecule has 0 saturated carbocycles. The van der Waals surface area contributed by atoms with E-state index in [1.807, 2.05) is 6.92 Å². The van der Waals surface area contributed by atoms with Crippen molar-refractivity contribution in [2.75, 3.05) is 20.3 Å². The molecular formula is C7H15NO3. The zero-order valence-electron chi connectivity index (χ0n) is 7.05. The Labute approximate surface area is 66.8 Å². The van der Waals surface area contributed by atoms with Gasteiger partial charge in [0.1, 0.15) is 0 Å². The van der Waals surface area contributed by atoms with Crippen LogP contribution in [-0.2, 0) is 14.4 Å². The minimum absolute atomic E-state index is 0.149. The van der Waals surface area contributed by atoms with Gasteiger partial charge in [-0.2, -0.15) is 0 Å². The van der Waals surface area contributed by atoms with Crippen LogP contribution in [0.25, 0.3) is 0 Å². The van der Waals surface area contributed by atoms with Gasteiger partial charge in [-0.15, -0.1) is 0 Å². The highest BCUT2D eigenvalue weighted by Gasteiger charge is 1.97. The van der Waals surface area contributed by atoms with Crippen molar-refractivity contribution in [3.8, 4) is 0 Å². The maximum Gasteiger partial charge on any atom is 0.245 e. The number of hydrogen-bond donors (Lipinski definition) is 1. The average molecular weight is 161 g/mol. The molecule has 11 heavy (non-hydrogen) atoms. The van der Waals surface area contributed by atoms with Crippen LogP contribution in [0.1, 0.15) is 19.8 Å². The second-order valence-corrected chi connectivity index (χ2v) is 2.09. The van der Waals surface area contributed by atoms with Crippen LogP contribution in [-0.4, -0.2) is 26.2 Å². The highest BCUT2D eigenvalue weighted by Crippen LogP contribution is 1.84. The van der Waals surface area contributed by atoms with E-state index in [-0.39, 0.29) is 5.91 Å². The molecule has 0 aliphatic rings. The summed E-state index contributed by atoms with van der Waals surface area (Å²) in [5.41, 5.74) is 2.20. The van der Waals surface area contributed by atoms with E-state index in [0.717, 1.165) is 6.42 Å². The molecule has 0 aliphatic heterocycles. The SMILES string of the molecule is CCCOCCC(=O)NOC. The predicted molar refractivity (Wildman–Crippen MR) is 40.9 cm³/mol. The van der Waals surface area contributed by atoms with Crippen LogP contribution in [0, 0.1) is 0 Å². The topological polar surface area (TPSA) is 47.6 Å². The molecular weight excluding hydrogens is 146 g/mol. The second kappa shape index (κ2) is 7.50. The number of carbonyl (C=O) groups is 1. The Bertz CT molecular complexity index is 106. The number of nitrogens with one attached hydrogen (secondary N) is 1. The van der Waals surface area contributed by atoms with Gasteiger partial charge in [0.25, 0.3) is 0 Å². The Hall–Kier alpha value is -0.610. The van der Waals surface area contributed by atoms with Crippen LogP contribution in [0.4, 0.5) is 0 Å². The van der Waals surface area contributed by atoms with Gasteiger partial charge in [0.2, 0.25) is 5.91 Å². The molecule has 0 aliphatic carbocycles. The fourth-order valence-corrected chi connectivity index (χ4v) is 0.576. The van der Waals surface area contributed by atoms with Crippen molar-refractivity contribution in [1.29, 1.82) is 0 Å². The lowest BCUT2D eigenvalue weighted by Gasteiger charge is -2.01. The van der Waals surface area contributed by atoms with Gasteiger partial charge in [-0.25, -0.2) is 5.48 Å². The quantitative estimate of drug-likeness (QED) is 0.455. The molecule has 0 saturated heterocycles. The van der Waals surface area contributed by atoms with E-state index in [1.165, 1.54) is 7.11 Å². The summed E-state index contributed by atoms with van der Waals surface area (Å²) in [7, 11) is 1.41. The summed E-state index contributed by atoms with van der Waals surface area (Å²) in [5, 5.41) is 0. The number of hydrogen-bond acceptors (Lipinski definition) is 3. The summed E-state index contributed by atoms with van der Waals surface area (Å²) in [6.07, 6.45) is 1.33. The van der Waals surface area contributed by atoms with Gasteiger partial charge in [0, 0.05) is 6.61 Å². The summed E-state index contributed by atoms with van der Waals surface area (Å²) in [6, 6.07) is 0. The molecule has 0 heterocycles. The normalized spacial score (nSPS) is 9.64. The Morgan fingerprint density at radius 2 is 2.18 bits per heavy atom. The summed E-state index contributed by atoms with van der Waals surface area (Å²) in [6.45, 7) is 3.19. The van der Waals surface area contributed by atoms with Gasteiger partial charge >= 0.3 is 0 Å². The van der Waals surface area contributed by atoms with Crippen LogP contribution in [0.3, 0.4) is 0 Å². The molecule has 0 unspecified atom stereocenters. The monoisotopic (exact) mass is 161 g/mol. The number of ether oxygens (including phenoxy) is 1. The molecule has 0 spiro atoms. The summed E-state index contributed by atoms with van der Waals surface area (Å²) in [4.78, 5) is 15.1. The van der Waals surface area contributed by atoms with Crippen molar-refractivity contribution < 1.29 is 14.4 Å². The number of carbonyl (C=O) groups excluding carboxylic acids is 1. The van der Waals surface area contributed by atoms with E-state index >= 15 is 0 Å². The van der Waals surface area contributed by atoms with Crippen molar-refractivity contribution in [3.63, 3.8) is 0 Å². The highest BCUT2D eigenvalue weighted by atomic mass is 16.6. The first-order valence-electron chi connectivity index (χ1n) is 3.70. The minimum atomic E-state index is -0.149. The van der Waals surface area contributed by atoms with Crippen LogP contribution in [0.2, 0.25) is 0 Å². The maximum absolute atomic E-state index is 10.7.